The topological polar surface area (TPSA) is 82.6 Å². The fourth-order valence-electron chi connectivity index (χ4n) is 5.53. The summed E-state index contributed by atoms with van der Waals surface area (Å²) in [5.74, 6) is -1.36. The van der Waals surface area contributed by atoms with Gasteiger partial charge in [-0.1, -0.05) is 6.07 Å². The van der Waals surface area contributed by atoms with Crippen molar-refractivity contribution in [2.24, 2.45) is 0 Å². The predicted molar refractivity (Wildman–Crippen MR) is 152 cm³/mol. The number of benzene rings is 2. The van der Waals surface area contributed by atoms with Crippen LogP contribution in [0.2, 0.25) is 0 Å². The van der Waals surface area contributed by atoms with Gasteiger partial charge in [0.15, 0.2) is 17.4 Å². The molecule has 0 saturated carbocycles. The fourth-order valence-corrected chi connectivity index (χ4v) is 5.53. The molecule has 8 nitrogen and oxygen atoms in total. The molecular weight excluding hydrogens is 533 g/mol. The first-order valence-corrected chi connectivity index (χ1v) is 14.0. The molecule has 2 aliphatic rings. The summed E-state index contributed by atoms with van der Waals surface area (Å²) in [4.78, 5) is 23.7. The lowest BCUT2D eigenvalue weighted by Gasteiger charge is -2.34. The lowest BCUT2D eigenvalue weighted by molar-refractivity contribution is -0.119. The number of aromatic nitrogens is 2. The number of ether oxygens (including phenoxy) is 1. The third-order valence-corrected chi connectivity index (χ3v) is 7.64. The van der Waals surface area contributed by atoms with Crippen molar-refractivity contribution < 1.29 is 22.7 Å². The number of likely N-dealkylation sites (tertiary alicyclic amines) is 1. The molecular formula is C30H35F3N6O2. The van der Waals surface area contributed by atoms with Crippen molar-refractivity contribution in [3.05, 3.63) is 59.5 Å². The van der Waals surface area contributed by atoms with E-state index in [9.17, 15) is 13.6 Å². The van der Waals surface area contributed by atoms with Crippen molar-refractivity contribution >= 4 is 23.2 Å². The molecule has 41 heavy (non-hydrogen) atoms. The van der Waals surface area contributed by atoms with E-state index in [-0.39, 0.29) is 46.6 Å². The Hall–Kier alpha value is -3.86. The van der Waals surface area contributed by atoms with Gasteiger partial charge in [-0.05, 0) is 75.5 Å². The smallest absolute Gasteiger partial charge is 0.227 e. The number of hydrogen-bond donors (Lipinski definition) is 2. The standard InChI is InChI=1S/C30H35F3N6O2/c1-18(2)39-12-13-41-29-25(32)14-21(15-27(29)39)28-26(33)17-35-30(37-28)36-22-4-5-23(24(31)16-22)20-6-9-38(10-7-20)11-8-34-19(3)40/h4-5,14-18,20H,6-13H2,1-3H3,(H,34,40)(H,35,36,37). The number of amides is 1. The van der Waals surface area contributed by atoms with Crippen molar-refractivity contribution in [3.63, 3.8) is 0 Å². The second kappa shape index (κ2) is 12.3. The number of carbonyl (C=O) groups is 1. The van der Waals surface area contributed by atoms with E-state index in [2.05, 4.69) is 25.5 Å². The van der Waals surface area contributed by atoms with Crippen LogP contribution in [-0.2, 0) is 4.79 Å². The van der Waals surface area contributed by atoms with E-state index >= 15 is 4.39 Å². The Bertz CT molecular complexity index is 1410. The molecule has 1 amide bonds. The zero-order valence-corrected chi connectivity index (χ0v) is 23.5. The van der Waals surface area contributed by atoms with Crippen molar-refractivity contribution in [1.82, 2.24) is 20.2 Å². The van der Waals surface area contributed by atoms with Crippen LogP contribution in [0.15, 0.2) is 36.5 Å². The van der Waals surface area contributed by atoms with Gasteiger partial charge >= 0.3 is 0 Å². The van der Waals surface area contributed by atoms with Crippen LogP contribution in [0, 0.1) is 17.5 Å². The molecule has 0 bridgehead atoms. The van der Waals surface area contributed by atoms with Crippen molar-refractivity contribution in [3.8, 4) is 17.0 Å². The van der Waals surface area contributed by atoms with E-state index in [1.54, 1.807) is 18.2 Å². The van der Waals surface area contributed by atoms with Gasteiger partial charge in [0.1, 0.15) is 18.1 Å². The van der Waals surface area contributed by atoms with Crippen molar-refractivity contribution in [2.75, 3.05) is 49.5 Å². The molecule has 2 N–H and O–H groups in total. The van der Waals surface area contributed by atoms with Crippen molar-refractivity contribution in [1.29, 1.82) is 0 Å². The molecule has 3 aromatic rings. The molecule has 1 aromatic heterocycles. The number of halogens is 3. The highest BCUT2D eigenvalue weighted by Gasteiger charge is 2.26. The minimum absolute atomic E-state index is 0.0431. The number of piperidine rings is 1. The zero-order valence-electron chi connectivity index (χ0n) is 23.5. The number of nitrogens with zero attached hydrogens (tertiary/aromatic N) is 4. The minimum Gasteiger partial charge on any atom is -0.486 e. The molecule has 3 heterocycles. The van der Waals surface area contributed by atoms with Gasteiger partial charge in [0.25, 0.3) is 0 Å². The Morgan fingerprint density at radius 1 is 1.07 bits per heavy atom. The lowest BCUT2D eigenvalue weighted by Crippen LogP contribution is -2.38. The van der Waals surface area contributed by atoms with E-state index in [0.717, 1.165) is 38.7 Å². The van der Waals surface area contributed by atoms with Gasteiger partial charge in [-0.3, -0.25) is 4.79 Å². The summed E-state index contributed by atoms with van der Waals surface area (Å²) in [6.07, 6.45) is 2.67. The fraction of sp³-hybridized carbons (Fsp3) is 0.433. The Morgan fingerprint density at radius 3 is 2.56 bits per heavy atom. The Morgan fingerprint density at radius 2 is 1.85 bits per heavy atom. The largest absolute Gasteiger partial charge is 0.486 e. The average molecular weight is 569 g/mol. The Kier molecular flexibility index (Phi) is 8.63. The highest BCUT2D eigenvalue weighted by atomic mass is 19.1. The lowest BCUT2D eigenvalue weighted by atomic mass is 9.89. The summed E-state index contributed by atoms with van der Waals surface area (Å²) in [6, 6.07) is 7.88. The molecule has 2 aliphatic heterocycles. The molecule has 0 spiro atoms. The quantitative estimate of drug-likeness (QED) is 0.385. The Labute approximate surface area is 237 Å². The molecule has 0 radical (unpaired) electrons. The van der Waals surface area contributed by atoms with E-state index in [4.69, 9.17) is 4.74 Å². The number of anilines is 3. The number of fused-ring (bicyclic) bond motifs is 1. The number of carbonyl (C=O) groups excluding carboxylic acids is 1. The summed E-state index contributed by atoms with van der Waals surface area (Å²) in [5.41, 5.74) is 1.81. The molecule has 11 heteroatoms. The van der Waals surface area contributed by atoms with E-state index in [1.165, 1.54) is 19.1 Å². The van der Waals surface area contributed by atoms with Crippen LogP contribution in [0.1, 0.15) is 45.1 Å². The Balaban J connectivity index is 1.29. The average Bonchev–Trinajstić information content (AvgIpc) is 2.94. The first kappa shape index (κ1) is 28.7. The normalized spacial score (nSPS) is 15.9. The number of rotatable bonds is 8. The van der Waals surface area contributed by atoms with Crippen LogP contribution >= 0.6 is 0 Å². The second-order valence-corrected chi connectivity index (χ2v) is 10.8. The van der Waals surface area contributed by atoms with Crippen LogP contribution in [0.4, 0.5) is 30.5 Å². The van der Waals surface area contributed by atoms with Gasteiger partial charge in [-0.25, -0.2) is 23.1 Å². The molecule has 1 fully saturated rings. The summed E-state index contributed by atoms with van der Waals surface area (Å²) in [7, 11) is 0. The van der Waals surface area contributed by atoms with Gasteiger partial charge < -0.3 is 25.2 Å². The molecule has 5 rings (SSSR count). The zero-order chi connectivity index (χ0) is 29.1. The summed E-state index contributed by atoms with van der Waals surface area (Å²) < 4.78 is 50.6. The van der Waals surface area contributed by atoms with Gasteiger partial charge in [0, 0.05) is 37.3 Å². The molecule has 0 unspecified atom stereocenters. The van der Waals surface area contributed by atoms with Gasteiger partial charge in [0.05, 0.1) is 18.4 Å². The first-order valence-electron chi connectivity index (χ1n) is 14.0. The number of nitrogens with one attached hydrogen (secondary N) is 2. The molecule has 2 aromatic carbocycles. The van der Waals surface area contributed by atoms with Gasteiger partial charge in [-0.15, -0.1) is 0 Å². The third-order valence-electron chi connectivity index (χ3n) is 7.64. The number of hydrogen-bond acceptors (Lipinski definition) is 7. The summed E-state index contributed by atoms with van der Waals surface area (Å²) >= 11 is 0. The molecule has 1 saturated heterocycles. The molecule has 0 aliphatic carbocycles. The van der Waals surface area contributed by atoms with Gasteiger partial charge in [0.2, 0.25) is 11.9 Å². The van der Waals surface area contributed by atoms with Crippen LogP contribution in [-0.4, -0.2) is 66.1 Å². The predicted octanol–water partition coefficient (Wildman–Crippen LogP) is 5.23. The van der Waals surface area contributed by atoms with Gasteiger partial charge in [-0.2, -0.15) is 0 Å². The summed E-state index contributed by atoms with van der Waals surface area (Å²) in [5, 5.41) is 5.76. The SMILES string of the molecule is CC(=O)NCCN1CCC(c2ccc(Nc3ncc(F)c(-c4cc(F)c5c(c4)N(C(C)C)CCO5)n3)cc2F)CC1. The van der Waals surface area contributed by atoms with Crippen molar-refractivity contribution in [2.45, 2.75) is 45.6 Å². The monoisotopic (exact) mass is 568 g/mol. The van der Waals surface area contributed by atoms with Crippen LogP contribution < -0.4 is 20.3 Å². The molecule has 218 valence electrons. The maximum atomic E-state index is 15.2. The van der Waals surface area contributed by atoms with E-state index < -0.39 is 11.6 Å². The van der Waals surface area contributed by atoms with E-state index in [1.807, 2.05) is 18.7 Å². The first-order chi connectivity index (χ1) is 19.7. The molecule has 0 atom stereocenters. The maximum Gasteiger partial charge on any atom is 0.227 e. The van der Waals surface area contributed by atoms with Crippen LogP contribution in [0.3, 0.4) is 0 Å². The maximum absolute atomic E-state index is 15.2. The third kappa shape index (κ3) is 6.56. The highest BCUT2D eigenvalue weighted by molar-refractivity contribution is 5.73. The summed E-state index contributed by atoms with van der Waals surface area (Å²) in [6.45, 7) is 9.50. The second-order valence-electron chi connectivity index (χ2n) is 10.8. The van der Waals surface area contributed by atoms with Crippen LogP contribution in [0.25, 0.3) is 11.3 Å². The van der Waals surface area contributed by atoms with Crippen LogP contribution in [0.5, 0.6) is 5.75 Å². The van der Waals surface area contributed by atoms with E-state index in [0.29, 0.717) is 36.6 Å². The minimum atomic E-state index is -0.701. The highest BCUT2D eigenvalue weighted by Crippen LogP contribution is 2.39.